The number of hydrogen-bond donors (Lipinski definition) is 3. The normalized spacial score (nSPS) is 14.0. The minimum Gasteiger partial charge on any atom is -0.507 e. The van der Waals surface area contributed by atoms with Crippen LogP contribution in [-0.2, 0) is 17.3 Å². The molecule has 0 heterocycles. The quantitative estimate of drug-likeness (QED) is 0.703. The lowest BCUT2D eigenvalue weighted by Crippen LogP contribution is -2.40. The van der Waals surface area contributed by atoms with E-state index in [2.05, 4.69) is 78.2 Å². The molecular weight excluding hydrogens is 296 g/mol. The highest BCUT2D eigenvalue weighted by molar-refractivity contribution is 5.49. The van der Waals surface area contributed by atoms with Crippen molar-refractivity contribution in [3.05, 3.63) is 28.8 Å². The van der Waals surface area contributed by atoms with Crippen LogP contribution in [0.2, 0.25) is 0 Å². The Bertz CT molecular complexity index is 524. The number of hydrogen-bond acceptors (Lipinski definition) is 3. The van der Waals surface area contributed by atoms with Gasteiger partial charge in [0.15, 0.2) is 0 Å². The van der Waals surface area contributed by atoms with Crippen molar-refractivity contribution in [2.24, 2.45) is 0 Å². The summed E-state index contributed by atoms with van der Waals surface area (Å²) in [5.74, 6) is 0.468. The molecule has 1 unspecified atom stereocenters. The van der Waals surface area contributed by atoms with Crippen LogP contribution in [0.5, 0.6) is 5.75 Å². The summed E-state index contributed by atoms with van der Waals surface area (Å²) < 4.78 is 0. The molecule has 0 amide bonds. The molecule has 0 saturated heterocycles. The number of phenolic OH excluding ortho intramolecular Hbond substituents is 1. The third-order valence-electron chi connectivity index (χ3n) is 4.46. The first-order valence-electron chi connectivity index (χ1n) is 9.31. The van der Waals surface area contributed by atoms with E-state index < -0.39 is 0 Å². The van der Waals surface area contributed by atoms with E-state index in [9.17, 15) is 5.11 Å². The smallest absolute Gasteiger partial charge is 0.122 e. The molecule has 0 aliphatic carbocycles. The highest BCUT2D eigenvalue weighted by Gasteiger charge is 2.25. The van der Waals surface area contributed by atoms with Crippen molar-refractivity contribution in [2.45, 2.75) is 78.7 Å². The minimum atomic E-state index is -0.0740. The first kappa shape index (κ1) is 21.0. The lowest BCUT2D eigenvalue weighted by molar-refractivity contribution is 0.426. The molecule has 138 valence electrons. The lowest BCUT2D eigenvalue weighted by Gasteiger charge is -2.28. The third kappa shape index (κ3) is 5.78. The molecule has 0 aliphatic heterocycles. The van der Waals surface area contributed by atoms with Crippen LogP contribution in [-0.4, -0.2) is 30.8 Å². The van der Waals surface area contributed by atoms with Crippen molar-refractivity contribution in [3.63, 3.8) is 0 Å². The first-order chi connectivity index (χ1) is 11.0. The summed E-state index contributed by atoms with van der Waals surface area (Å²) >= 11 is 0. The molecule has 0 aliphatic rings. The minimum absolute atomic E-state index is 0.0673. The monoisotopic (exact) mass is 334 g/mol. The molecule has 0 radical (unpaired) electrons. The molecule has 1 atom stereocenters. The lowest BCUT2D eigenvalue weighted by atomic mass is 9.78. The van der Waals surface area contributed by atoms with Gasteiger partial charge in [-0.3, -0.25) is 0 Å². The topological polar surface area (TPSA) is 44.3 Å². The molecule has 0 aromatic heterocycles. The van der Waals surface area contributed by atoms with Gasteiger partial charge in [-0.2, -0.15) is 0 Å². The average Bonchev–Trinajstić information content (AvgIpc) is 2.44. The van der Waals surface area contributed by atoms with Crippen molar-refractivity contribution >= 4 is 0 Å². The van der Waals surface area contributed by atoms with Gasteiger partial charge in [-0.25, -0.2) is 0 Å². The molecule has 0 spiro atoms. The van der Waals surface area contributed by atoms with Crippen molar-refractivity contribution in [1.82, 2.24) is 10.6 Å². The highest BCUT2D eigenvalue weighted by atomic mass is 16.3. The van der Waals surface area contributed by atoms with E-state index in [-0.39, 0.29) is 10.8 Å². The standard InChI is InChI=1S/C21H38N2O/c1-9-22-14-17(23-10-2)12-15-11-16(20(3,4)5)13-18(19(15)24)21(6,7)8/h11,13,17,22-24H,9-10,12,14H2,1-8H3. The second-order valence-corrected chi connectivity index (χ2v) is 8.80. The maximum absolute atomic E-state index is 10.9. The van der Waals surface area contributed by atoms with Crippen LogP contribution in [0.1, 0.15) is 72.1 Å². The van der Waals surface area contributed by atoms with Gasteiger partial charge < -0.3 is 15.7 Å². The molecule has 0 saturated carbocycles. The van der Waals surface area contributed by atoms with Gasteiger partial charge in [0.25, 0.3) is 0 Å². The largest absolute Gasteiger partial charge is 0.507 e. The zero-order chi connectivity index (χ0) is 18.5. The molecule has 3 nitrogen and oxygen atoms in total. The van der Waals surface area contributed by atoms with E-state index in [1.807, 2.05) is 0 Å². The van der Waals surface area contributed by atoms with Gasteiger partial charge in [0.05, 0.1) is 0 Å². The van der Waals surface area contributed by atoms with Crippen LogP contribution in [0.15, 0.2) is 12.1 Å². The molecule has 1 rings (SSSR count). The maximum Gasteiger partial charge on any atom is 0.122 e. The van der Waals surface area contributed by atoms with Crippen molar-refractivity contribution < 1.29 is 5.11 Å². The summed E-state index contributed by atoms with van der Waals surface area (Å²) in [6.45, 7) is 20.3. The predicted octanol–water partition coefficient (Wildman–Crippen LogP) is 4.12. The van der Waals surface area contributed by atoms with Crippen LogP contribution in [0.25, 0.3) is 0 Å². The summed E-state index contributed by atoms with van der Waals surface area (Å²) in [5.41, 5.74) is 3.38. The molecule has 1 aromatic carbocycles. The fourth-order valence-corrected chi connectivity index (χ4v) is 2.94. The second-order valence-electron chi connectivity index (χ2n) is 8.80. The molecular formula is C21H38N2O. The Morgan fingerprint density at radius 3 is 2.04 bits per heavy atom. The SMILES string of the molecule is CCNCC(Cc1cc(C(C)(C)C)cc(C(C)(C)C)c1O)NCC. The van der Waals surface area contributed by atoms with Gasteiger partial charge in [-0.1, -0.05) is 67.5 Å². The Balaban J connectivity index is 3.29. The molecule has 3 N–H and O–H groups in total. The zero-order valence-electron chi connectivity index (χ0n) is 17.0. The van der Waals surface area contributed by atoms with Crippen LogP contribution in [0, 0.1) is 0 Å². The Hall–Kier alpha value is -1.06. The van der Waals surface area contributed by atoms with Gasteiger partial charge in [-0.15, -0.1) is 0 Å². The van der Waals surface area contributed by atoms with Crippen molar-refractivity contribution in [3.8, 4) is 5.75 Å². The predicted molar refractivity (Wildman–Crippen MR) is 105 cm³/mol. The van der Waals surface area contributed by atoms with Gasteiger partial charge in [0, 0.05) is 12.6 Å². The second kappa shape index (κ2) is 8.35. The van der Waals surface area contributed by atoms with Crippen LogP contribution in [0.4, 0.5) is 0 Å². The van der Waals surface area contributed by atoms with E-state index in [0.717, 1.165) is 37.2 Å². The molecule has 3 heteroatoms. The fourth-order valence-electron chi connectivity index (χ4n) is 2.94. The van der Waals surface area contributed by atoms with Gasteiger partial charge >= 0.3 is 0 Å². The van der Waals surface area contributed by atoms with E-state index >= 15 is 0 Å². The van der Waals surface area contributed by atoms with Crippen LogP contribution in [0.3, 0.4) is 0 Å². The fraction of sp³-hybridized carbons (Fsp3) is 0.714. The van der Waals surface area contributed by atoms with E-state index in [0.29, 0.717) is 11.8 Å². The summed E-state index contributed by atoms with van der Waals surface area (Å²) in [6, 6.07) is 4.70. The van der Waals surface area contributed by atoms with Crippen molar-refractivity contribution in [2.75, 3.05) is 19.6 Å². The third-order valence-corrected chi connectivity index (χ3v) is 4.46. The van der Waals surface area contributed by atoms with Crippen LogP contribution >= 0.6 is 0 Å². The Morgan fingerprint density at radius 1 is 0.958 bits per heavy atom. The van der Waals surface area contributed by atoms with E-state index in [1.54, 1.807) is 0 Å². The number of benzene rings is 1. The van der Waals surface area contributed by atoms with Gasteiger partial charge in [0.1, 0.15) is 5.75 Å². The molecule has 0 fully saturated rings. The zero-order valence-corrected chi connectivity index (χ0v) is 17.0. The Labute approximate surface area is 149 Å². The maximum atomic E-state index is 10.9. The number of rotatable bonds is 7. The first-order valence-corrected chi connectivity index (χ1v) is 9.31. The van der Waals surface area contributed by atoms with Crippen molar-refractivity contribution in [1.29, 1.82) is 0 Å². The van der Waals surface area contributed by atoms with E-state index in [1.165, 1.54) is 5.56 Å². The average molecular weight is 335 g/mol. The molecule has 24 heavy (non-hydrogen) atoms. The number of nitrogens with one attached hydrogen (secondary N) is 2. The Kier molecular flexibility index (Phi) is 7.30. The molecule has 1 aromatic rings. The van der Waals surface area contributed by atoms with Gasteiger partial charge in [-0.05, 0) is 47.0 Å². The van der Waals surface area contributed by atoms with Gasteiger partial charge in [0.2, 0.25) is 0 Å². The molecule has 0 bridgehead atoms. The summed E-state index contributed by atoms with van der Waals surface area (Å²) in [5, 5.41) is 17.9. The van der Waals surface area contributed by atoms with E-state index in [4.69, 9.17) is 0 Å². The summed E-state index contributed by atoms with van der Waals surface area (Å²) in [4.78, 5) is 0. The number of aromatic hydroxyl groups is 1. The number of likely N-dealkylation sites (N-methyl/N-ethyl adjacent to an activating group) is 2. The summed E-state index contributed by atoms with van der Waals surface area (Å²) in [6.07, 6.45) is 0.833. The van der Waals surface area contributed by atoms with Crippen LogP contribution < -0.4 is 10.6 Å². The number of phenols is 1. The summed E-state index contributed by atoms with van der Waals surface area (Å²) in [7, 11) is 0. The highest BCUT2D eigenvalue weighted by Crippen LogP contribution is 2.38. The Morgan fingerprint density at radius 2 is 1.58 bits per heavy atom.